The molecule has 4 heteroatoms. The molecule has 0 aliphatic carbocycles. The van der Waals surface area contributed by atoms with Crippen molar-refractivity contribution in [1.82, 2.24) is 0 Å². The summed E-state index contributed by atoms with van der Waals surface area (Å²) in [5.41, 5.74) is 0. The first kappa shape index (κ1) is 10.8. The van der Waals surface area contributed by atoms with Gasteiger partial charge in [-0.25, -0.2) is 0 Å². The quantitative estimate of drug-likeness (QED) is 0.499. The minimum absolute atomic E-state index is 0.126. The molecule has 11 heavy (non-hydrogen) atoms. The van der Waals surface area contributed by atoms with Crippen LogP contribution in [-0.4, -0.2) is 14.9 Å². The second kappa shape index (κ2) is 6.52. The largest absolute Gasteiger partial charge is 0.302 e. The van der Waals surface area contributed by atoms with Crippen LogP contribution in [0.25, 0.3) is 0 Å². The minimum atomic E-state index is -2.13. The summed E-state index contributed by atoms with van der Waals surface area (Å²) in [6.45, 7) is 5.47. The second-order valence-corrected chi connectivity index (χ2v) is 2.84. The Morgan fingerprint density at radius 2 is 2.45 bits per heavy atom. The van der Waals surface area contributed by atoms with Crippen molar-refractivity contribution >= 4 is 11.4 Å². The summed E-state index contributed by atoms with van der Waals surface area (Å²) >= 11 is -2.13. The fraction of sp³-hybridized carbons (Fsp3) is 0.714. The van der Waals surface area contributed by atoms with Gasteiger partial charge in [-0.3, -0.25) is 8.74 Å². The van der Waals surface area contributed by atoms with Crippen LogP contribution in [0.1, 0.15) is 26.2 Å². The van der Waals surface area contributed by atoms with E-state index in [2.05, 4.69) is 10.8 Å². The minimum Gasteiger partial charge on any atom is -0.284 e. The zero-order valence-electron chi connectivity index (χ0n) is 6.66. The van der Waals surface area contributed by atoms with E-state index >= 15 is 0 Å². The van der Waals surface area contributed by atoms with Crippen LogP contribution in [0.2, 0.25) is 0 Å². The van der Waals surface area contributed by atoms with Crippen LogP contribution in [0.15, 0.2) is 12.7 Å². The molecule has 0 spiro atoms. The second-order valence-electron chi connectivity index (χ2n) is 2.21. The molecule has 66 valence electrons. The highest BCUT2D eigenvalue weighted by molar-refractivity contribution is 7.74. The third kappa shape index (κ3) is 6.22. The predicted molar refractivity (Wildman–Crippen MR) is 45.4 cm³/mol. The van der Waals surface area contributed by atoms with E-state index in [9.17, 15) is 4.21 Å². The van der Waals surface area contributed by atoms with Crippen LogP contribution in [0.4, 0.5) is 0 Å². The summed E-state index contributed by atoms with van der Waals surface area (Å²) in [7, 11) is 0. The zero-order valence-corrected chi connectivity index (χ0v) is 7.47. The van der Waals surface area contributed by atoms with E-state index in [0.717, 1.165) is 19.3 Å². The van der Waals surface area contributed by atoms with Gasteiger partial charge in [0, 0.05) is 0 Å². The van der Waals surface area contributed by atoms with Crippen molar-refractivity contribution < 1.29 is 12.9 Å². The van der Waals surface area contributed by atoms with E-state index in [-0.39, 0.29) is 6.10 Å². The third-order valence-electron chi connectivity index (χ3n) is 1.37. The number of allylic oxidation sites excluding steroid dienone is 1. The normalized spacial score (nSPS) is 15.8. The molecule has 0 rings (SSSR count). The maximum absolute atomic E-state index is 10.2. The summed E-state index contributed by atoms with van der Waals surface area (Å²) < 4.78 is 23.3. The Hall–Kier alpha value is -0.190. The lowest BCUT2D eigenvalue weighted by atomic mass is 10.1. The zero-order chi connectivity index (χ0) is 8.69. The number of rotatable bonds is 6. The molecule has 0 saturated heterocycles. The average molecular weight is 178 g/mol. The molecule has 0 saturated carbocycles. The lowest BCUT2D eigenvalue weighted by molar-refractivity contribution is 0.190. The number of hydrogen-bond acceptors (Lipinski definition) is 2. The van der Waals surface area contributed by atoms with Gasteiger partial charge in [-0.05, 0) is 19.3 Å². The van der Waals surface area contributed by atoms with E-state index in [0.29, 0.717) is 0 Å². The lowest BCUT2D eigenvalue weighted by Crippen LogP contribution is -2.12. The van der Waals surface area contributed by atoms with E-state index in [1.165, 1.54) is 0 Å². The topological polar surface area (TPSA) is 46.5 Å². The smallest absolute Gasteiger partial charge is 0.284 e. The molecule has 0 aromatic rings. The van der Waals surface area contributed by atoms with E-state index in [1.54, 1.807) is 6.08 Å². The molecule has 2 unspecified atom stereocenters. The molecular weight excluding hydrogens is 164 g/mol. The SMILES string of the molecule is C=CCCC(CC)OS(=O)O. The molecule has 0 aromatic carbocycles. The predicted octanol–water partition coefficient (Wildman–Crippen LogP) is 1.88. The lowest BCUT2D eigenvalue weighted by Gasteiger charge is -2.10. The van der Waals surface area contributed by atoms with Crippen molar-refractivity contribution in [2.24, 2.45) is 0 Å². The first-order valence-electron chi connectivity index (χ1n) is 3.59. The molecule has 0 aliphatic heterocycles. The van der Waals surface area contributed by atoms with Gasteiger partial charge in [-0.15, -0.1) is 6.58 Å². The van der Waals surface area contributed by atoms with Crippen LogP contribution < -0.4 is 0 Å². The molecule has 0 amide bonds. The average Bonchev–Trinajstić information content (AvgIpc) is 1.97. The Kier molecular flexibility index (Phi) is 6.40. The Morgan fingerprint density at radius 1 is 1.82 bits per heavy atom. The highest BCUT2D eigenvalue weighted by Crippen LogP contribution is 2.07. The molecule has 0 heterocycles. The Balaban J connectivity index is 3.57. The van der Waals surface area contributed by atoms with Crippen molar-refractivity contribution in [3.8, 4) is 0 Å². The molecule has 0 bridgehead atoms. The van der Waals surface area contributed by atoms with Crippen molar-refractivity contribution in [2.75, 3.05) is 0 Å². The van der Waals surface area contributed by atoms with Crippen molar-refractivity contribution in [3.05, 3.63) is 12.7 Å². The fourth-order valence-corrected chi connectivity index (χ4v) is 1.21. The van der Waals surface area contributed by atoms with Crippen LogP contribution >= 0.6 is 0 Å². The van der Waals surface area contributed by atoms with Crippen LogP contribution in [0.5, 0.6) is 0 Å². The monoisotopic (exact) mass is 178 g/mol. The Labute approximate surface area is 69.9 Å². The van der Waals surface area contributed by atoms with E-state index in [1.807, 2.05) is 6.92 Å². The Bertz CT molecular complexity index is 136. The van der Waals surface area contributed by atoms with Crippen LogP contribution in [-0.2, 0) is 15.5 Å². The highest BCUT2D eigenvalue weighted by atomic mass is 32.2. The van der Waals surface area contributed by atoms with Gasteiger partial charge >= 0.3 is 11.4 Å². The van der Waals surface area contributed by atoms with Crippen LogP contribution in [0, 0.1) is 0 Å². The maximum Gasteiger partial charge on any atom is 0.302 e. The number of hydrogen-bond donors (Lipinski definition) is 1. The molecule has 0 aliphatic rings. The van der Waals surface area contributed by atoms with E-state index < -0.39 is 11.4 Å². The molecule has 2 atom stereocenters. The van der Waals surface area contributed by atoms with Crippen molar-refractivity contribution in [2.45, 2.75) is 32.3 Å². The maximum atomic E-state index is 10.2. The van der Waals surface area contributed by atoms with Gasteiger partial charge in [0.1, 0.15) is 0 Å². The molecular formula is C7H14O3S. The highest BCUT2D eigenvalue weighted by Gasteiger charge is 2.07. The van der Waals surface area contributed by atoms with E-state index in [4.69, 9.17) is 4.55 Å². The summed E-state index contributed by atoms with van der Waals surface area (Å²) in [6, 6.07) is 0. The van der Waals surface area contributed by atoms with Crippen molar-refractivity contribution in [1.29, 1.82) is 0 Å². The first-order valence-corrected chi connectivity index (χ1v) is 4.62. The molecule has 0 radical (unpaired) electrons. The van der Waals surface area contributed by atoms with Gasteiger partial charge < -0.3 is 0 Å². The molecule has 0 fully saturated rings. The Morgan fingerprint density at radius 3 is 2.82 bits per heavy atom. The summed E-state index contributed by atoms with van der Waals surface area (Å²) in [5, 5.41) is 0. The van der Waals surface area contributed by atoms with Gasteiger partial charge in [0.25, 0.3) is 0 Å². The van der Waals surface area contributed by atoms with Gasteiger partial charge in [-0.1, -0.05) is 13.0 Å². The van der Waals surface area contributed by atoms with Crippen LogP contribution in [0.3, 0.4) is 0 Å². The molecule has 0 aromatic heterocycles. The van der Waals surface area contributed by atoms with Crippen molar-refractivity contribution in [3.63, 3.8) is 0 Å². The summed E-state index contributed by atoms with van der Waals surface area (Å²) in [5.74, 6) is 0. The molecule has 1 N–H and O–H groups in total. The van der Waals surface area contributed by atoms with Gasteiger partial charge in [-0.2, -0.15) is 4.21 Å². The first-order chi connectivity index (χ1) is 5.20. The standard InChI is InChI=1S/C7H14O3S/c1-3-5-6-7(4-2)10-11(8)9/h3,7H,1,4-6H2,2H3,(H,8,9). The van der Waals surface area contributed by atoms with Gasteiger partial charge in [0.05, 0.1) is 6.10 Å². The van der Waals surface area contributed by atoms with Gasteiger partial charge in [0.2, 0.25) is 0 Å². The molecule has 3 nitrogen and oxygen atoms in total. The summed E-state index contributed by atoms with van der Waals surface area (Å²) in [4.78, 5) is 0. The third-order valence-corrected chi connectivity index (χ3v) is 1.80. The van der Waals surface area contributed by atoms with Gasteiger partial charge in [0.15, 0.2) is 0 Å². The summed E-state index contributed by atoms with van der Waals surface area (Å²) in [6.07, 6.45) is 3.97. The fourth-order valence-electron chi connectivity index (χ4n) is 0.740.